The lowest BCUT2D eigenvalue weighted by molar-refractivity contribution is 0.0271. The van der Waals surface area contributed by atoms with Crippen LogP contribution in [0.3, 0.4) is 0 Å². The molecule has 0 aliphatic rings. The Bertz CT molecular complexity index is 1500. The number of alkyl halides is 2. The fourth-order valence-electron chi connectivity index (χ4n) is 3.29. The second kappa shape index (κ2) is 6.60. The van der Waals surface area contributed by atoms with Crippen molar-refractivity contribution in [3.8, 4) is 17.3 Å². The van der Waals surface area contributed by atoms with E-state index in [0.29, 0.717) is 11.3 Å². The van der Waals surface area contributed by atoms with Gasteiger partial charge in [-0.15, -0.1) is 10.2 Å². The van der Waals surface area contributed by atoms with Gasteiger partial charge in [-0.05, 0) is 36.4 Å². The van der Waals surface area contributed by atoms with E-state index < -0.39 is 23.1 Å². The molecule has 0 aliphatic heterocycles. The number of pyridine rings is 1. The van der Waals surface area contributed by atoms with Gasteiger partial charge in [-0.1, -0.05) is 0 Å². The quantitative estimate of drug-likeness (QED) is 0.445. The van der Waals surface area contributed by atoms with Crippen LogP contribution in [0, 0.1) is 17.1 Å². The van der Waals surface area contributed by atoms with Gasteiger partial charge in [0.15, 0.2) is 5.65 Å². The highest BCUT2D eigenvalue weighted by Crippen LogP contribution is 2.38. The molecule has 0 radical (unpaired) electrons. The van der Waals surface area contributed by atoms with E-state index in [1.165, 1.54) is 35.3 Å². The van der Waals surface area contributed by atoms with Crippen molar-refractivity contribution in [2.45, 2.75) is 5.92 Å². The van der Waals surface area contributed by atoms with E-state index in [9.17, 15) is 4.39 Å². The summed E-state index contributed by atoms with van der Waals surface area (Å²) in [4.78, 5) is 3.96. The molecule has 4 heterocycles. The molecule has 0 spiro atoms. The van der Waals surface area contributed by atoms with Gasteiger partial charge in [-0.2, -0.15) is 28.8 Å². The highest BCUT2D eigenvalue weighted by molar-refractivity contribution is 5.80. The molecule has 0 saturated heterocycles. The van der Waals surface area contributed by atoms with Crippen LogP contribution in [0.1, 0.15) is 17.1 Å². The minimum absolute atomic E-state index is 0.0224. The molecule has 4 aromatic heterocycles. The summed E-state index contributed by atoms with van der Waals surface area (Å²) in [5.41, 5.74) is 0.510. The number of nitriles is 1. The number of halogens is 3. The molecule has 31 heavy (non-hydrogen) atoms. The van der Waals surface area contributed by atoms with E-state index in [1.807, 2.05) is 6.07 Å². The van der Waals surface area contributed by atoms with Gasteiger partial charge in [0.1, 0.15) is 17.6 Å². The number of hydrogen-bond donors (Lipinski definition) is 0. The average molecular weight is 420 g/mol. The summed E-state index contributed by atoms with van der Waals surface area (Å²) in [5, 5.41) is 24.4. The Morgan fingerprint density at radius 2 is 1.87 bits per heavy atom. The van der Waals surface area contributed by atoms with Gasteiger partial charge in [-0.25, -0.2) is 9.37 Å². The van der Waals surface area contributed by atoms with E-state index in [1.54, 1.807) is 19.2 Å². The largest absolute Gasteiger partial charge is 0.336 e. The first-order valence-corrected chi connectivity index (χ1v) is 8.98. The Labute approximate surface area is 172 Å². The molecular weight excluding hydrogens is 409 g/mol. The molecule has 11 heteroatoms. The predicted octanol–water partition coefficient (Wildman–Crippen LogP) is 3.22. The zero-order valence-electron chi connectivity index (χ0n) is 15.8. The van der Waals surface area contributed by atoms with Gasteiger partial charge in [0, 0.05) is 25.0 Å². The van der Waals surface area contributed by atoms with Crippen molar-refractivity contribution in [2.24, 2.45) is 7.05 Å². The van der Waals surface area contributed by atoms with Crippen LogP contribution in [0.5, 0.6) is 0 Å². The lowest BCUT2D eigenvalue weighted by Gasteiger charge is -2.15. The van der Waals surface area contributed by atoms with Crippen LogP contribution in [0.2, 0.25) is 0 Å². The highest BCUT2D eigenvalue weighted by atomic mass is 19.3. The van der Waals surface area contributed by atoms with Crippen molar-refractivity contribution < 1.29 is 13.2 Å². The highest BCUT2D eigenvalue weighted by Gasteiger charge is 2.43. The third kappa shape index (κ3) is 2.88. The molecule has 0 aliphatic carbocycles. The molecule has 0 saturated carbocycles. The maximum absolute atomic E-state index is 15.4. The van der Waals surface area contributed by atoms with Gasteiger partial charge in [0.25, 0.3) is 0 Å². The fourth-order valence-corrected chi connectivity index (χ4v) is 3.29. The van der Waals surface area contributed by atoms with Gasteiger partial charge in [0.05, 0.1) is 22.2 Å². The third-order valence-corrected chi connectivity index (χ3v) is 4.79. The molecule has 0 N–H and O–H groups in total. The minimum atomic E-state index is -3.82. The number of hydrogen-bond acceptors (Lipinski definition) is 6. The van der Waals surface area contributed by atoms with E-state index in [-0.39, 0.29) is 22.2 Å². The molecule has 5 aromatic rings. The summed E-state index contributed by atoms with van der Waals surface area (Å²) in [5.74, 6) is -5.73. The molecule has 1 aromatic carbocycles. The van der Waals surface area contributed by atoms with Crippen molar-refractivity contribution in [1.29, 1.82) is 5.26 Å². The summed E-state index contributed by atoms with van der Waals surface area (Å²) in [7, 11) is 1.58. The zero-order valence-corrected chi connectivity index (χ0v) is 15.8. The van der Waals surface area contributed by atoms with Crippen molar-refractivity contribution in [3.63, 3.8) is 0 Å². The summed E-state index contributed by atoms with van der Waals surface area (Å²) < 4.78 is 48.0. The number of fused-ring (bicyclic) bond motifs is 2. The Hall–Kier alpha value is -4.33. The Kier molecular flexibility index (Phi) is 3.97. The molecule has 0 atom stereocenters. The standard InChI is InChI=1S/C20H11F3N8/c1-30-10-13-16(28-30)5-4-14(18(13)21)20(22,23)19-27-26-17-7-6-15(29-31(17)19)11-2-3-12(8-24)25-9-11/h2-7,9-10H,1H3. The maximum Gasteiger partial charge on any atom is 0.336 e. The van der Waals surface area contributed by atoms with Crippen molar-refractivity contribution >= 4 is 16.6 Å². The number of nitrogens with zero attached hydrogens (tertiary/aromatic N) is 8. The second-order valence-corrected chi connectivity index (χ2v) is 6.79. The first-order valence-electron chi connectivity index (χ1n) is 8.98. The topological polar surface area (TPSA) is 97.6 Å². The van der Waals surface area contributed by atoms with Crippen LogP contribution in [0.15, 0.2) is 48.8 Å². The number of aryl methyl sites for hydroxylation is 1. The second-order valence-electron chi connectivity index (χ2n) is 6.79. The normalized spacial score (nSPS) is 11.8. The molecule has 0 unspecified atom stereocenters. The van der Waals surface area contributed by atoms with Crippen LogP contribution in [-0.2, 0) is 13.0 Å². The fraction of sp³-hybridized carbons (Fsp3) is 0.100. The van der Waals surface area contributed by atoms with E-state index in [4.69, 9.17) is 5.26 Å². The predicted molar refractivity (Wildman–Crippen MR) is 102 cm³/mol. The molecule has 5 rings (SSSR count). The Morgan fingerprint density at radius 3 is 2.61 bits per heavy atom. The van der Waals surface area contributed by atoms with Gasteiger partial charge < -0.3 is 0 Å². The zero-order chi connectivity index (χ0) is 21.8. The maximum atomic E-state index is 15.4. The van der Waals surface area contributed by atoms with Gasteiger partial charge in [-0.3, -0.25) is 4.68 Å². The monoisotopic (exact) mass is 420 g/mol. The van der Waals surface area contributed by atoms with Crippen molar-refractivity contribution in [1.82, 2.24) is 34.6 Å². The number of rotatable bonds is 3. The molecular formula is C20H11F3N8. The van der Waals surface area contributed by atoms with Crippen LogP contribution < -0.4 is 0 Å². The summed E-state index contributed by atoms with van der Waals surface area (Å²) in [6, 6.07) is 10.3. The van der Waals surface area contributed by atoms with Crippen LogP contribution in [0.4, 0.5) is 13.2 Å². The van der Waals surface area contributed by atoms with E-state index in [0.717, 1.165) is 10.6 Å². The molecule has 152 valence electrons. The lowest BCUT2D eigenvalue weighted by atomic mass is 10.0. The average Bonchev–Trinajstić information content (AvgIpc) is 3.37. The summed E-state index contributed by atoms with van der Waals surface area (Å²) in [6.45, 7) is 0. The lowest BCUT2D eigenvalue weighted by Crippen LogP contribution is -2.22. The number of aromatic nitrogens is 7. The summed E-state index contributed by atoms with van der Waals surface area (Å²) in [6.07, 6.45) is 2.74. The van der Waals surface area contributed by atoms with E-state index in [2.05, 4.69) is 25.4 Å². The number of benzene rings is 1. The van der Waals surface area contributed by atoms with E-state index >= 15 is 8.78 Å². The SMILES string of the molecule is Cn1cc2c(F)c(C(F)(F)c3nnc4ccc(-c5ccc(C#N)nc5)nn34)ccc2n1. The molecule has 8 nitrogen and oxygen atoms in total. The molecule has 0 bridgehead atoms. The Balaban J connectivity index is 1.65. The smallest absolute Gasteiger partial charge is 0.274 e. The van der Waals surface area contributed by atoms with Crippen molar-refractivity contribution in [3.05, 3.63) is 71.7 Å². The molecule has 0 amide bonds. The van der Waals surface area contributed by atoms with Crippen molar-refractivity contribution in [2.75, 3.05) is 0 Å². The first kappa shape index (κ1) is 18.7. The van der Waals surface area contributed by atoms with Crippen LogP contribution >= 0.6 is 0 Å². The summed E-state index contributed by atoms with van der Waals surface area (Å²) >= 11 is 0. The minimum Gasteiger partial charge on any atom is -0.274 e. The first-order chi connectivity index (χ1) is 14.9. The van der Waals surface area contributed by atoms with Gasteiger partial charge >= 0.3 is 5.92 Å². The van der Waals surface area contributed by atoms with Crippen LogP contribution in [-0.4, -0.2) is 34.6 Å². The van der Waals surface area contributed by atoms with Crippen LogP contribution in [0.25, 0.3) is 27.8 Å². The molecule has 0 fully saturated rings. The Morgan fingerprint density at radius 1 is 1.03 bits per heavy atom. The third-order valence-electron chi connectivity index (χ3n) is 4.79. The van der Waals surface area contributed by atoms with Gasteiger partial charge in [0.2, 0.25) is 5.82 Å².